The maximum absolute atomic E-state index is 13.6. The molecular weight excluding hydrogens is 388 g/mol. The van der Waals surface area contributed by atoms with E-state index in [9.17, 15) is 13.6 Å². The molecule has 8 nitrogen and oxygen atoms in total. The molecule has 3 aromatic rings. The predicted molar refractivity (Wildman–Crippen MR) is 104 cm³/mol. The SMILES string of the molecule is Nn1c(N/N=C/c2ccccc2)nnc1SCC(=O)Nc1c(F)cccc1F. The Morgan fingerprint density at radius 3 is 2.57 bits per heavy atom. The van der Waals surface area contributed by atoms with Gasteiger partial charge in [-0.3, -0.25) is 4.79 Å². The van der Waals surface area contributed by atoms with Crippen LogP contribution in [0.4, 0.5) is 20.4 Å². The Morgan fingerprint density at radius 1 is 1.14 bits per heavy atom. The molecule has 0 radical (unpaired) electrons. The molecule has 0 saturated carbocycles. The lowest BCUT2D eigenvalue weighted by Crippen LogP contribution is -2.18. The van der Waals surface area contributed by atoms with Crippen LogP contribution in [0, 0.1) is 11.6 Å². The minimum Gasteiger partial charge on any atom is -0.334 e. The van der Waals surface area contributed by atoms with Crippen molar-refractivity contribution >= 4 is 35.5 Å². The summed E-state index contributed by atoms with van der Waals surface area (Å²) < 4.78 is 28.2. The summed E-state index contributed by atoms with van der Waals surface area (Å²) in [7, 11) is 0. The highest BCUT2D eigenvalue weighted by Gasteiger charge is 2.15. The van der Waals surface area contributed by atoms with Crippen molar-refractivity contribution < 1.29 is 13.6 Å². The topological polar surface area (TPSA) is 110 Å². The molecule has 144 valence electrons. The van der Waals surface area contributed by atoms with E-state index in [0.717, 1.165) is 34.1 Å². The van der Waals surface area contributed by atoms with Crippen LogP contribution in [-0.4, -0.2) is 32.7 Å². The zero-order chi connectivity index (χ0) is 19.9. The van der Waals surface area contributed by atoms with E-state index in [1.54, 1.807) is 6.21 Å². The number of nitrogens with zero attached hydrogens (tertiary/aromatic N) is 4. The lowest BCUT2D eigenvalue weighted by Gasteiger charge is -2.07. The Balaban J connectivity index is 1.55. The number of rotatable bonds is 7. The van der Waals surface area contributed by atoms with Crippen LogP contribution >= 0.6 is 11.8 Å². The highest BCUT2D eigenvalue weighted by atomic mass is 32.2. The number of nitrogens with two attached hydrogens (primary N) is 1. The number of halogens is 2. The number of hydrazone groups is 1. The summed E-state index contributed by atoms with van der Waals surface area (Å²) in [6.07, 6.45) is 1.58. The average molecular weight is 403 g/mol. The third-order valence-electron chi connectivity index (χ3n) is 3.40. The zero-order valence-electron chi connectivity index (χ0n) is 14.3. The van der Waals surface area contributed by atoms with Gasteiger partial charge in [-0.2, -0.15) is 5.10 Å². The Labute approximate surface area is 162 Å². The maximum Gasteiger partial charge on any atom is 0.264 e. The molecule has 4 N–H and O–H groups in total. The van der Waals surface area contributed by atoms with Crippen LogP contribution in [0.3, 0.4) is 0 Å². The monoisotopic (exact) mass is 403 g/mol. The van der Waals surface area contributed by atoms with Gasteiger partial charge in [0.25, 0.3) is 5.95 Å². The van der Waals surface area contributed by atoms with Crippen LogP contribution < -0.4 is 16.6 Å². The van der Waals surface area contributed by atoms with E-state index in [0.29, 0.717) is 0 Å². The van der Waals surface area contributed by atoms with E-state index in [1.807, 2.05) is 30.3 Å². The summed E-state index contributed by atoms with van der Waals surface area (Å²) in [6, 6.07) is 12.7. The number of nitrogens with one attached hydrogen (secondary N) is 2. The Morgan fingerprint density at radius 2 is 1.86 bits per heavy atom. The first-order valence-corrected chi connectivity index (χ1v) is 8.94. The van der Waals surface area contributed by atoms with Crippen molar-refractivity contribution in [3.63, 3.8) is 0 Å². The smallest absolute Gasteiger partial charge is 0.264 e. The van der Waals surface area contributed by atoms with Crippen LogP contribution in [-0.2, 0) is 4.79 Å². The van der Waals surface area contributed by atoms with Crippen molar-refractivity contribution in [3.05, 3.63) is 65.7 Å². The fourth-order valence-corrected chi connectivity index (χ4v) is 2.73. The first kappa shape index (κ1) is 19.3. The summed E-state index contributed by atoms with van der Waals surface area (Å²) >= 11 is 0.952. The van der Waals surface area contributed by atoms with Gasteiger partial charge in [0.15, 0.2) is 0 Å². The number of amides is 1. The number of thioether (sulfide) groups is 1. The van der Waals surface area contributed by atoms with Gasteiger partial charge in [0.2, 0.25) is 11.1 Å². The first-order chi connectivity index (χ1) is 13.5. The van der Waals surface area contributed by atoms with Crippen molar-refractivity contribution in [1.82, 2.24) is 14.9 Å². The summed E-state index contributed by atoms with van der Waals surface area (Å²) in [4.78, 5) is 11.9. The van der Waals surface area contributed by atoms with Gasteiger partial charge in [-0.05, 0) is 17.7 Å². The number of nitrogen functional groups attached to an aromatic ring is 1. The third-order valence-corrected chi connectivity index (χ3v) is 4.34. The largest absolute Gasteiger partial charge is 0.334 e. The number of benzene rings is 2. The van der Waals surface area contributed by atoms with E-state index < -0.39 is 23.2 Å². The van der Waals surface area contributed by atoms with Gasteiger partial charge < -0.3 is 11.2 Å². The van der Waals surface area contributed by atoms with Crippen molar-refractivity contribution in [2.24, 2.45) is 5.10 Å². The van der Waals surface area contributed by atoms with E-state index in [1.165, 1.54) is 6.07 Å². The highest BCUT2D eigenvalue weighted by Crippen LogP contribution is 2.20. The summed E-state index contributed by atoms with van der Waals surface area (Å²) in [6.45, 7) is 0. The van der Waals surface area contributed by atoms with E-state index >= 15 is 0 Å². The highest BCUT2D eigenvalue weighted by molar-refractivity contribution is 7.99. The fraction of sp³-hybridized carbons (Fsp3) is 0.0588. The molecule has 11 heteroatoms. The molecule has 28 heavy (non-hydrogen) atoms. The number of anilines is 2. The predicted octanol–water partition coefficient (Wildman–Crippen LogP) is 2.45. The molecule has 0 aliphatic carbocycles. The molecule has 0 aliphatic heterocycles. The molecule has 0 spiro atoms. The minimum atomic E-state index is -0.858. The van der Waals surface area contributed by atoms with Gasteiger partial charge in [-0.25, -0.2) is 18.9 Å². The van der Waals surface area contributed by atoms with Crippen LogP contribution in [0.25, 0.3) is 0 Å². The number of carbonyl (C=O) groups excluding carboxylic acids is 1. The van der Waals surface area contributed by atoms with E-state index in [-0.39, 0.29) is 16.9 Å². The van der Waals surface area contributed by atoms with Gasteiger partial charge in [0, 0.05) is 0 Å². The van der Waals surface area contributed by atoms with Gasteiger partial charge in [0.05, 0.1) is 12.0 Å². The van der Waals surface area contributed by atoms with Crippen LogP contribution in [0.15, 0.2) is 58.8 Å². The molecule has 0 saturated heterocycles. The molecule has 1 aromatic heterocycles. The van der Waals surface area contributed by atoms with E-state index in [4.69, 9.17) is 5.84 Å². The number of hydrogen-bond donors (Lipinski definition) is 3. The molecule has 0 unspecified atom stereocenters. The molecule has 0 fully saturated rings. The molecular formula is C17H15F2N7OS. The molecule has 0 atom stereocenters. The second-order valence-electron chi connectivity index (χ2n) is 5.39. The molecule has 2 aromatic carbocycles. The first-order valence-electron chi connectivity index (χ1n) is 7.96. The lowest BCUT2D eigenvalue weighted by atomic mass is 10.2. The molecule has 1 heterocycles. The second-order valence-corrected chi connectivity index (χ2v) is 6.33. The van der Waals surface area contributed by atoms with Gasteiger partial charge in [0.1, 0.15) is 17.3 Å². The quantitative estimate of drug-likeness (QED) is 0.242. The van der Waals surface area contributed by atoms with Crippen molar-refractivity contribution in [1.29, 1.82) is 0 Å². The standard InChI is InChI=1S/C17H15F2N7OS/c18-12-7-4-8-13(19)15(12)22-14(27)10-28-17-25-24-16(26(17)20)23-21-9-11-5-2-1-3-6-11/h1-9H,10,20H2,(H,22,27)(H,23,24)/b21-9+. The van der Waals surface area contributed by atoms with Crippen LogP contribution in [0.5, 0.6) is 0 Å². The summed E-state index contributed by atoms with van der Waals surface area (Å²) in [5.41, 5.74) is 3.02. The van der Waals surface area contributed by atoms with Gasteiger partial charge >= 0.3 is 0 Å². The average Bonchev–Trinajstić information content (AvgIpc) is 3.04. The minimum absolute atomic E-state index is 0.162. The van der Waals surface area contributed by atoms with Crippen LogP contribution in [0.1, 0.15) is 5.56 Å². The number of carbonyl (C=O) groups is 1. The van der Waals surface area contributed by atoms with Gasteiger partial charge in [-0.1, -0.05) is 48.2 Å². The van der Waals surface area contributed by atoms with Gasteiger partial charge in [-0.15, -0.1) is 10.2 Å². The second kappa shape index (κ2) is 8.95. The molecule has 1 amide bonds. The molecule has 0 bridgehead atoms. The Hall–Kier alpha value is -3.47. The number of para-hydroxylation sites is 1. The van der Waals surface area contributed by atoms with Crippen molar-refractivity contribution in [2.45, 2.75) is 5.16 Å². The van der Waals surface area contributed by atoms with Crippen molar-refractivity contribution in [2.75, 3.05) is 22.3 Å². The molecule has 0 aliphatic rings. The third kappa shape index (κ3) is 4.82. The Kier molecular flexibility index (Phi) is 6.17. The van der Waals surface area contributed by atoms with E-state index in [2.05, 4.69) is 26.0 Å². The van der Waals surface area contributed by atoms with Crippen molar-refractivity contribution in [3.8, 4) is 0 Å². The normalized spacial score (nSPS) is 10.9. The molecule has 3 rings (SSSR count). The number of hydrogen-bond acceptors (Lipinski definition) is 7. The summed E-state index contributed by atoms with van der Waals surface area (Å²) in [5, 5.41) is 14.1. The number of aromatic nitrogens is 3. The fourth-order valence-electron chi connectivity index (χ4n) is 2.08. The zero-order valence-corrected chi connectivity index (χ0v) is 15.2. The van der Waals surface area contributed by atoms with Crippen LogP contribution in [0.2, 0.25) is 0 Å². The lowest BCUT2D eigenvalue weighted by molar-refractivity contribution is -0.113. The Bertz CT molecular complexity index is 974. The maximum atomic E-state index is 13.6. The summed E-state index contributed by atoms with van der Waals surface area (Å²) in [5.74, 6) is 3.51.